The highest BCUT2D eigenvalue weighted by atomic mass is 19.3. The van der Waals surface area contributed by atoms with Crippen LogP contribution in [-0.4, -0.2) is 9.55 Å². The molecule has 1 aliphatic rings. The van der Waals surface area contributed by atoms with Gasteiger partial charge in [-0.15, -0.1) is 0 Å². The van der Waals surface area contributed by atoms with Gasteiger partial charge in [-0.2, -0.15) is 0 Å². The van der Waals surface area contributed by atoms with Crippen LogP contribution < -0.4 is 5.56 Å². The quantitative estimate of drug-likeness (QED) is 0.548. The van der Waals surface area contributed by atoms with Gasteiger partial charge in [0, 0.05) is 36.5 Å². The lowest BCUT2D eigenvalue weighted by Crippen LogP contribution is -2.19. The Kier molecular flexibility index (Phi) is 4.73. The normalized spacial score (nSPS) is 15.1. The molecule has 3 aromatic rings. The third kappa shape index (κ3) is 3.21. The molecule has 2 aromatic heterocycles. The fraction of sp³-hybridized carbons (Fsp3) is 0.364. The summed E-state index contributed by atoms with van der Waals surface area (Å²) in [6.07, 6.45) is 5.85. The number of fused-ring (bicyclic) bond motifs is 2. The molecule has 3 nitrogen and oxygen atoms in total. The minimum Gasteiger partial charge on any atom is -0.315 e. The molecule has 0 bridgehead atoms. The van der Waals surface area contributed by atoms with Gasteiger partial charge in [-0.1, -0.05) is 19.8 Å². The molecule has 0 amide bonds. The maximum Gasteiger partial charge on any atom is 0.275 e. The first-order chi connectivity index (χ1) is 13.4. The summed E-state index contributed by atoms with van der Waals surface area (Å²) in [5.74, 6) is -3.45. The molecule has 0 aliphatic heterocycles. The Bertz CT molecular complexity index is 1100. The average Bonchev–Trinajstić information content (AvgIpc) is 2.98. The number of rotatable bonds is 5. The lowest BCUT2D eigenvalue weighted by atomic mass is 10.0. The third-order valence-electron chi connectivity index (χ3n) is 5.44. The number of unbranched alkanes of at least 4 members (excludes halogenated alkanes) is 2. The van der Waals surface area contributed by atoms with Gasteiger partial charge in [0.1, 0.15) is 5.82 Å². The van der Waals surface area contributed by atoms with E-state index in [1.165, 1.54) is 12.1 Å². The zero-order chi connectivity index (χ0) is 19.9. The zero-order valence-electron chi connectivity index (χ0n) is 15.6. The van der Waals surface area contributed by atoms with Gasteiger partial charge in [0.05, 0.1) is 11.1 Å². The molecule has 28 heavy (non-hydrogen) atoms. The van der Waals surface area contributed by atoms with E-state index in [2.05, 4.69) is 11.9 Å². The van der Waals surface area contributed by atoms with E-state index in [0.29, 0.717) is 28.6 Å². The van der Waals surface area contributed by atoms with E-state index >= 15 is 0 Å². The molecule has 0 unspecified atom stereocenters. The summed E-state index contributed by atoms with van der Waals surface area (Å²) < 4.78 is 44.0. The number of alkyl halides is 2. The summed E-state index contributed by atoms with van der Waals surface area (Å²) >= 11 is 0. The van der Waals surface area contributed by atoms with Crippen LogP contribution in [0.25, 0.3) is 22.0 Å². The molecule has 0 fully saturated rings. The van der Waals surface area contributed by atoms with Crippen LogP contribution in [0.3, 0.4) is 0 Å². The van der Waals surface area contributed by atoms with Crippen molar-refractivity contribution in [3.05, 3.63) is 64.0 Å². The van der Waals surface area contributed by atoms with Crippen molar-refractivity contribution in [3.8, 4) is 11.3 Å². The third-order valence-corrected chi connectivity index (χ3v) is 5.44. The predicted octanol–water partition coefficient (Wildman–Crippen LogP) is 5.43. The van der Waals surface area contributed by atoms with Crippen molar-refractivity contribution < 1.29 is 13.2 Å². The Morgan fingerprint density at radius 1 is 1.21 bits per heavy atom. The Morgan fingerprint density at radius 3 is 2.82 bits per heavy atom. The molecule has 0 atom stereocenters. The van der Waals surface area contributed by atoms with E-state index in [4.69, 9.17) is 0 Å². The molecule has 0 spiro atoms. The Morgan fingerprint density at radius 2 is 2.04 bits per heavy atom. The van der Waals surface area contributed by atoms with Crippen LogP contribution in [0.15, 0.2) is 41.5 Å². The number of pyridine rings is 2. The van der Waals surface area contributed by atoms with Crippen molar-refractivity contribution in [2.75, 3.05) is 0 Å². The maximum atomic E-state index is 14.8. The fourth-order valence-corrected chi connectivity index (χ4v) is 3.82. The molecule has 0 saturated carbocycles. The molecule has 146 valence electrons. The number of hydrogen-bond donors (Lipinski definition) is 0. The van der Waals surface area contributed by atoms with Crippen LogP contribution in [-0.2, 0) is 18.9 Å². The van der Waals surface area contributed by atoms with E-state index < -0.39 is 11.7 Å². The van der Waals surface area contributed by atoms with Gasteiger partial charge in [-0.25, -0.2) is 13.2 Å². The van der Waals surface area contributed by atoms with Crippen molar-refractivity contribution in [2.45, 2.75) is 51.5 Å². The maximum absolute atomic E-state index is 14.8. The molecule has 0 saturated heterocycles. The number of aromatic nitrogens is 2. The van der Waals surface area contributed by atoms with Crippen molar-refractivity contribution in [1.82, 2.24) is 9.55 Å². The van der Waals surface area contributed by atoms with Gasteiger partial charge in [0.25, 0.3) is 11.5 Å². The van der Waals surface area contributed by atoms with Crippen molar-refractivity contribution in [3.63, 3.8) is 0 Å². The summed E-state index contributed by atoms with van der Waals surface area (Å²) in [6, 6.07) is 6.12. The number of halogens is 3. The lowest BCUT2D eigenvalue weighted by Gasteiger charge is -2.11. The highest BCUT2D eigenvalue weighted by molar-refractivity contribution is 5.86. The molecule has 4 rings (SSSR count). The molecule has 1 aromatic carbocycles. The van der Waals surface area contributed by atoms with Gasteiger partial charge >= 0.3 is 0 Å². The molecule has 0 N–H and O–H groups in total. The summed E-state index contributed by atoms with van der Waals surface area (Å²) in [6.45, 7) is 2.70. The number of aryl methyl sites for hydroxylation is 2. The van der Waals surface area contributed by atoms with Crippen molar-refractivity contribution >= 4 is 10.8 Å². The van der Waals surface area contributed by atoms with Gasteiger partial charge in [-0.3, -0.25) is 9.78 Å². The second-order valence-electron chi connectivity index (χ2n) is 7.37. The SMILES string of the molecule is CCCCCn1ccc2cc(-c3cc4c(cn3)C(F)(F)CC4)c(F)cc2c1=O. The van der Waals surface area contributed by atoms with Crippen LogP contribution in [0.5, 0.6) is 0 Å². The Labute approximate surface area is 160 Å². The summed E-state index contributed by atoms with van der Waals surface area (Å²) in [4.78, 5) is 16.7. The Hall–Kier alpha value is -2.63. The minimum atomic E-state index is -2.87. The minimum absolute atomic E-state index is 0.0765. The topological polar surface area (TPSA) is 34.9 Å². The van der Waals surface area contributed by atoms with E-state index in [1.54, 1.807) is 22.9 Å². The van der Waals surface area contributed by atoms with Crippen LogP contribution in [0.1, 0.15) is 43.7 Å². The van der Waals surface area contributed by atoms with Gasteiger partial charge in [-0.05, 0) is 48.1 Å². The molecule has 6 heteroatoms. The highest BCUT2D eigenvalue weighted by Crippen LogP contribution is 2.42. The first-order valence-corrected chi connectivity index (χ1v) is 9.61. The smallest absolute Gasteiger partial charge is 0.275 e. The largest absolute Gasteiger partial charge is 0.315 e. The average molecular weight is 386 g/mol. The standard InChI is InChI=1S/C22H21F3N2O/c1-2-3-4-8-27-9-6-14-10-17(19(23)12-16(14)21(27)28)20-11-15-5-7-22(24,25)18(15)13-26-20/h6,9-13H,2-5,7-8H2,1H3. The second-order valence-corrected chi connectivity index (χ2v) is 7.37. The van der Waals surface area contributed by atoms with E-state index in [9.17, 15) is 18.0 Å². The molecular formula is C22H21F3N2O. The van der Waals surface area contributed by atoms with Crippen LogP contribution in [0, 0.1) is 5.82 Å². The summed E-state index contributed by atoms with van der Waals surface area (Å²) in [5.41, 5.74) is 0.727. The zero-order valence-corrected chi connectivity index (χ0v) is 15.6. The first kappa shape index (κ1) is 18.7. The molecule has 2 heterocycles. The predicted molar refractivity (Wildman–Crippen MR) is 103 cm³/mol. The summed E-state index contributed by atoms with van der Waals surface area (Å²) in [7, 11) is 0. The molecule has 1 aliphatic carbocycles. The first-order valence-electron chi connectivity index (χ1n) is 9.61. The molecule has 0 radical (unpaired) electrons. The monoisotopic (exact) mass is 386 g/mol. The second kappa shape index (κ2) is 7.08. The van der Waals surface area contributed by atoms with Gasteiger partial charge in [0.2, 0.25) is 0 Å². The number of benzene rings is 1. The van der Waals surface area contributed by atoms with Crippen LogP contribution in [0.4, 0.5) is 13.2 Å². The van der Waals surface area contributed by atoms with Gasteiger partial charge < -0.3 is 4.57 Å². The lowest BCUT2D eigenvalue weighted by molar-refractivity contribution is -0.00210. The van der Waals surface area contributed by atoms with Crippen LogP contribution >= 0.6 is 0 Å². The van der Waals surface area contributed by atoms with E-state index in [1.807, 2.05) is 0 Å². The fourth-order valence-electron chi connectivity index (χ4n) is 3.82. The molecular weight excluding hydrogens is 365 g/mol. The van der Waals surface area contributed by atoms with E-state index in [-0.39, 0.29) is 29.5 Å². The number of nitrogens with zero attached hydrogens (tertiary/aromatic N) is 2. The van der Waals surface area contributed by atoms with Gasteiger partial charge in [0.15, 0.2) is 0 Å². The van der Waals surface area contributed by atoms with Crippen molar-refractivity contribution in [1.29, 1.82) is 0 Å². The van der Waals surface area contributed by atoms with Crippen LogP contribution in [0.2, 0.25) is 0 Å². The Balaban J connectivity index is 1.75. The number of hydrogen-bond acceptors (Lipinski definition) is 2. The summed E-state index contributed by atoms with van der Waals surface area (Å²) in [5, 5.41) is 0.925. The highest BCUT2D eigenvalue weighted by Gasteiger charge is 2.39. The van der Waals surface area contributed by atoms with E-state index in [0.717, 1.165) is 25.5 Å². The van der Waals surface area contributed by atoms with Crippen molar-refractivity contribution in [2.24, 2.45) is 0 Å².